The van der Waals surface area contributed by atoms with Crippen LogP contribution >= 0.6 is 0 Å². The van der Waals surface area contributed by atoms with E-state index in [2.05, 4.69) is 287 Å². The minimum Gasteiger partial charge on any atom is -0.309 e. The summed E-state index contributed by atoms with van der Waals surface area (Å²) in [6.45, 7) is 0. The summed E-state index contributed by atoms with van der Waals surface area (Å²) in [5.41, 5.74) is 12.9. The van der Waals surface area contributed by atoms with Gasteiger partial charge in [0.05, 0.1) is 33.1 Å². The zero-order valence-electron chi connectivity index (χ0n) is 38.3. The van der Waals surface area contributed by atoms with Gasteiger partial charge in [0.25, 0.3) is 0 Å². The average Bonchev–Trinajstić information content (AvgIpc) is 4.07. The van der Waals surface area contributed by atoms with Gasteiger partial charge in [-0.15, -0.1) is 0 Å². The third-order valence-corrected chi connectivity index (χ3v) is 19.6. The highest BCUT2D eigenvalue weighted by Gasteiger charge is 2.41. The van der Waals surface area contributed by atoms with Gasteiger partial charge in [-0.3, -0.25) is 0 Å². The summed E-state index contributed by atoms with van der Waals surface area (Å²) in [5.74, 6) is 0. The third kappa shape index (κ3) is 6.07. The predicted octanol–water partition coefficient (Wildman–Crippen LogP) is 14.0. The van der Waals surface area contributed by atoms with Crippen molar-refractivity contribution in [3.8, 4) is 28.2 Å². The maximum atomic E-state index is 2.54. The Morgan fingerprint density at radius 2 is 0.557 bits per heavy atom. The second-order valence-corrected chi connectivity index (χ2v) is 22.3. The number of nitrogens with zero attached hydrogens (tertiary/aromatic N) is 3. The fourth-order valence-electron chi connectivity index (χ4n) is 11.7. The first kappa shape index (κ1) is 40.1. The molecule has 11 aromatic carbocycles. The van der Waals surface area contributed by atoms with Gasteiger partial charge < -0.3 is 13.7 Å². The Balaban J connectivity index is 1.06. The Labute approximate surface area is 407 Å². The van der Waals surface area contributed by atoms with E-state index >= 15 is 0 Å². The molecule has 4 heteroatoms. The van der Waals surface area contributed by atoms with Crippen LogP contribution in [-0.2, 0) is 0 Å². The summed E-state index contributed by atoms with van der Waals surface area (Å²) >= 11 is 0. The van der Waals surface area contributed by atoms with E-state index in [1.165, 1.54) is 91.8 Å². The normalized spacial score (nSPS) is 12.0. The molecule has 0 radical (unpaired) electrons. The summed E-state index contributed by atoms with van der Waals surface area (Å²) < 4.78 is 7.41. The van der Waals surface area contributed by atoms with Crippen molar-refractivity contribution in [1.29, 1.82) is 0 Å². The van der Waals surface area contributed by atoms with E-state index in [1.54, 1.807) is 0 Å². The monoisotopic (exact) mass is 907 g/mol. The molecule has 0 N–H and O–H groups in total. The van der Waals surface area contributed by atoms with Gasteiger partial charge in [-0.25, -0.2) is 0 Å². The van der Waals surface area contributed by atoms with Crippen molar-refractivity contribution in [2.45, 2.75) is 0 Å². The molecule has 0 unspecified atom stereocenters. The lowest BCUT2D eigenvalue weighted by atomic mass is 10.1. The summed E-state index contributed by atoms with van der Waals surface area (Å²) in [4.78, 5) is 0. The standard InChI is InChI=1S/C66H45N3Si/c1-5-19-46(20-6-1)47-33-35-48(36-34-47)67-61-30-16-15-29-57(61)58-40-37-50(44-65(58)67)69-64-42-38-49(68-62-31-17-13-27-55(62)56-28-14-18-32-63(56)68)43-60(64)59-41-39-54(45-66(59)69)70(51-21-7-2-8-22-51,52-23-9-3-10-24-52)53-25-11-4-12-26-53/h1-45H. The Kier molecular flexibility index (Phi) is 9.23. The largest absolute Gasteiger partial charge is 0.309 e. The Bertz CT molecular complexity index is 4110. The first-order valence-electron chi connectivity index (χ1n) is 24.2. The van der Waals surface area contributed by atoms with Crippen LogP contribution in [0.15, 0.2) is 273 Å². The van der Waals surface area contributed by atoms with Crippen LogP contribution in [0.1, 0.15) is 0 Å². The van der Waals surface area contributed by atoms with E-state index in [-0.39, 0.29) is 0 Å². The fourth-order valence-corrected chi connectivity index (χ4v) is 16.5. The molecule has 0 fully saturated rings. The SMILES string of the molecule is c1ccc(-c2ccc(-n3c4ccccc4c4ccc(-n5c6ccc(-n7c8ccccc8c8ccccc87)cc6c6ccc([Si](c7ccccc7)(c7ccccc7)c7ccccc7)cc65)cc43)cc2)cc1. The highest BCUT2D eigenvalue weighted by Crippen LogP contribution is 2.39. The Morgan fingerprint density at radius 1 is 0.200 bits per heavy atom. The number of rotatable bonds is 8. The first-order chi connectivity index (χ1) is 34.7. The fraction of sp³-hybridized carbons (Fsp3) is 0. The van der Waals surface area contributed by atoms with Crippen molar-refractivity contribution < 1.29 is 0 Å². The molecule has 0 amide bonds. The predicted molar refractivity (Wildman–Crippen MR) is 299 cm³/mol. The van der Waals surface area contributed by atoms with Crippen molar-refractivity contribution in [3.63, 3.8) is 0 Å². The lowest BCUT2D eigenvalue weighted by Gasteiger charge is -2.34. The molecule has 0 atom stereocenters. The van der Waals surface area contributed by atoms with Crippen molar-refractivity contribution in [2.24, 2.45) is 0 Å². The quantitative estimate of drug-likeness (QED) is 0.107. The number of hydrogen-bond donors (Lipinski definition) is 0. The van der Waals surface area contributed by atoms with Crippen molar-refractivity contribution in [3.05, 3.63) is 273 Å². The van der Waals surface area contributed by atoms with Crippen LogP contribution in [0.3, 0.4) is 0 Å². The molecule has 14 aromatic rings. The molecule has 3 aromatic heterocycles. The van der Waals surface area contributed by atoms with Crippen LogP contribution in [0.5, 0.6) is 0 Å². The van der Waals surface area contributed by atoms with Gasteiger partial charge in [-0.05, 0) is 98.6 Å². The lowest BCUT2D eigenvalue weighted by molar-refractivity contribution is 1.15. The molecular weight excluding hydrogens is 863 g/mol. The highest BCUT2D eigenvalue weighted by molar-refractivity contribution is 7.20. The summed E-state index contributed by atoms with van der Waals surface area (Å²) in [5, 5.41) is 12.8. The smallest absolute Gasteiger partial charge is 0.179 e. The van der Waals surface area contributed by atoms with E-state index in [4.69, 9.17) is 0 Å². The number of benzene rings is 11. The Hall–Kier alpha value is -8.96. The van der Waals surface area contributed by atoms with E-state index < -0.39 is 8.07 Å². The van der Waals surface area contributed by atoms with Crippen LogP contribution in [0.25, 0.3) is 93.6 Å². The molecule has 328 valence electrons. The molecular formula is C66H45N3Si. The Morgan fingerprint density at radius 3 is 1.11 bits per heavy atom. The number of para-hydroxylation sites is 3. The molecule has 3 heterocycles. The van der Waals surface area contributed by atoms with E-state index in [1.807, 2.05) is 0 Å². The van der Waals surface area contributed by atoms with E-state index in [9.17, 15) is 0 Å². The van der Waals surface area contributed by atoms with Gasteiger partial charge in [0, 0.05) is 49.4 Å². The highest BCUT2D eigenvalue weighted by atomic mass is 28.3. The lowest BCUT2D eigenvalue weighted by Crippen LogP contribution is -2.74. The van der Waals surface area contributed by atoms with Crippen LogP contribution in [0.2, 0.25) is 0 Å². The minimum atomic E-state index is -2.88. The molecule has 0 spiro atoms. The molecule has 3 nitrogen and oxygen atoms in total. The average molecular weight is 908 g/mol. The van der Waals surface area contributed by atoms with Gasteiger partial charge in [0.1, 0.15) is 0 Å². The van der Waals surface area contributed by atoms with Gasteiger partial charge >= 0.3 is 0 Å². The van der Waals surface area contributed by atoms with Crippen LogP contribution < -0.4 is 20.7 Å². The molecule has 70 heavy (non-hydrogen) atoms. The zero-order chi connectivity index (χ0) is 46.2. The molecule has 14 rings (SSSR count). The van der Waals surface area contributed by atoms with E-state index in [0.717, 1.165) is 22.6 Å². The van der Waals surface area contributed by atoms with Crippen LogP contribution in [-0.4, -0.2) is 21.8 Å². The molecule has 0 bridgehead atoms. The summed E-state index contributed by atoms with van der Waals surface area (Å²) in [6, 6.07) is 101. The van der Waals surface area contributed by atoms with Crippen LogP contribution in [0, 0.1) is 0 Å². The second-order valence-electron chi connectivity index (χ2n) is 18.5. The molecule has 0 aliphatic heterocycles. The molecule has 0 saturated heterocycles. The van der Waals surface area contributed by atoms with E-state index in [0.29, 0.717) is 0 Å². The molecule has 0 aliphatic rings. The van der Waals surface area contributed by atoms with Gasteiger partial charge in [-0.2, -0.15) is 0 Å². The van der Waals surface area contributed by atoms with Gasteiger partial charge in [0.2, 0.25) is 0 Å². The second kappa shape index (κ2) is 16.1. The third-order valence-electron chi connectivity index (χ3n) is 14.8. The maximum Gasteiger partial charge on any atom is 0.179 e. The number of fused-ring (bicyclic) bond motifs is 9. The molecule has 0 aliphatic carbocycles. The van der Waals surface area contributed by atoms with Crippen molar-refractivity contribution in [2.75, 3.05) is 0 Å². The first-order valence-corrected chi connectivity index (χ1v) is 26.2. The zero-order valence-corrected chi connectivity index (χ0v) is 39.3. The summed E-state index contributed by atoms with van der Waals surface area (Å²) in [7, 11) is -2.88. The molecule has 0 saturated carbocycles. The maximum absolute atomic E-state index is 2.88. The van der Waals surface area contributed by atoms with Crippen molar-refractivity contribution >= 4 is 94.2 Å². The minimum absolute atomic E-state index is 1.12. The van der Waals surface area contributed by atoms with Crippen molar-refractivity contribution in [1.82, 2.24) is 13.7 Å². The number of hydrogen-bond acceptors (Lipinski definition) is 0. The topological polar surface area (TPSA) is 14.8 Å². The van der Waals surface area contributed by atoms with Crippen LogP contribution in [0.4, 0.5) is 0 Å². The van der Waals surface area contributed by atoms with Gasteiger partial charge in [0.15, 0.2) is 8.07 Å². The number of aromatic nitrogens is 3. The van der Waals surface area contributed by atoms with Gasteiger partial charge in [-0.1, -0.05) is 206 Å². The summed E-state index contributed by atoms with van der Waals surface area (Å²) in [6.07, 6.45) is 0.